The fourth-order valence-electron chi connectivity index (χ4n) is 1.91. The number of alkyl halides is 2. The van der Waals surface area contributed by atoms with Gasteiger partial charge in [0.2, 0.25) is 0 Å². The van der Waals surface area contributed by atoms with Crippen molar-refractivity contribution in [3.63, 3.8) is 0 Å². The van der Waals surface area contributed by atoms with Crippen molar-refractivity contribution in [1.82, 2.24) is 0 Å². The Hall–Kier alpha value is -1.41. The Kier molecular flexibility index (Phi) is 4.62. The van der Waals surface area contributed by atoms with Crippen LogP contribution in [0.4, 0.5) is 8.78 Å². The van der Waals surface area contributed by atoms with Gasteiger partial charge in [-0.1, -0.05) is 22.8 Å². The first-order valence-corrected chi connectivity index (χ1v) is 8.33. The van der Waals surface area contributed by atoms with Gasteiger partial charge in [0.15, 0.2) is 14.9 Å². The highest BCUT2D eigenvalue weighted by atomic mass is 35.5. The molecule has 1 heterocycles. The second kappa shape index (κ2) is 6.00. The van der Waals surface area contributed by atoms with Crippen molar-refractivity contribution in [3.05, 3.63) is 28.8 Å². The zero-order valence-corrected chi connectivity index (χ0v) is 13.4. The molecule has 0 amide bonds. The fraction of sp³-hybridized carbons (Fsp3) is 0.462. The molecule has 1 aliphatic heterocycles. The third-order valence-electron chi connectivity index (χ3n) is 2.92. The van der Waals surface area contributed by atoms with Crippen molar-refractivity contribution >= 4 is 26.5 Å². The highest BCUT2D eigenvalue weighted by Crippen LogP contribution is 2.30. The smallest absolute Gasteiger partial charge is 0.387 e. The van der Waals surface area contributed by atoms with Gasteiger partial charge in [-0.3, -0.25) is 0 Å². The summed E-state index contributed by atoms with van der Waals surface area (Å²) < 4.78 is 53.8. The van der Waals surface area contributed by atoms with Gasteiger partial charge in [-0.15, -0.1) is 0 Å². The lowest BCUT2D eigenvalue weighted by molar-refractivity contribution is -0.0503. The van der Waals surface area contributed by atoms with Crippen molar-refractivity contribution < 1.29 is 26.8 Å². The molecule has 2 rings (SSSR count). The average Bonchev–Trinajstić information content (AvgIpc) is 2.73. The predicted octanol–water partition coefficient (Wildman–Crippen LogP) is 3.37. The molecule has 0 aromatic heterocycles. The Balaban J connectivity index is 2.27. The number of rotatable bonds is 4. The summed E-state index contributed by atoms with van der Waals surface area (Å²) in [5.41, 5.74) is -0.623. The van der Waals surface area contributed by atoms with E-state index in [2.05, 4.69) is 9.89 Å². The lowest BCUT2D eigenvalue weighted by Gasteiger charge is -2.14. The number of hydrogen-bond donors (Lipinski definition) is 0. The summed E-state index contributed by atoms with van der Waals surface area (Å²) in [5.74, 6) is -0.797. The molecule has 1 aromatic carbocycles. The molecule has 0 bridgehead atoms. The Labute approximate surface area is 131 Å². The Morgan fingerprint density at radius 2 is 2.14 bits per heavy atom. The van der Waals surface area contributed by atoms with Crippen LogP contribution in [0.25, 0.3) is 0 Å². The van der Waals surface area contributed by atoms with Gasteiger partial charge in [-0.25, -0.2) is 8.42 Å². The van der Waals surface area contributed by atoms with E-state index >= 15 is 0 Å². The van der Waals surface area contributed by atoms with Crippen molar-refractivity contribution in [2.75, 3.05) is 0 Å². The Morgan fingerprint density at radius 3 is 2.68 bits per heavy atom. The first-order valence-electron chi connectivity index (χ1n) is 6.30. The third kappa shape index (κ3) is 4.07. The van der Waals surface area contributed by atoms with Crippen LogP contribution in [0.5, 0.6) is 5.75 Å². The van der Waals surface area contributed by atoms with Crippen LogP contribution in [-0.4, -0.2) is 25.7 Å². The van der Waals surface area contributed by atoms with Gasteiger partial charge in [0.05, 0.1) is 5.75 Å². The van der Waals surface area contributed by atoms with Gasteiger partial charge in [0.25, 0.3) is 0 Å². The summed E-state index contributed by atoms with van der Waals surface area (Å²) in [6, 6.07) is 3.89. The van der Waals surface area contributed by atoms with Gasteiger partial charge in [-0.05, 0) is 26.0 Å². The van der Waals surface area contributed by atoms with Gasteiger partial charge in [0.1, 0.15) is 11.4 Å². The van der Waals surface area contributed by atoms with Crippen molar-refractivity contribution in [3.8, 4) is 5.75 Å². The largest absolute Gasteiger partial charge is 0.434 e. The first-order chi connectivity index (χ1) is 10.1. The molecular weight excluding hydrogens is 340 g/mol. The maximum Gasteiger partial charge on any atom is 0.387 e. The van der Waals surface area contributed by atoms with E-state index in [1.54, 1.807) is 13.8 Å². The van der Waals surface area contributed by atoms with E-state index in [-0.39, 0.29) is 27.8 Å². The molecule has 0 saturated carbocycles. The average molecular weight is 354 g/mol. The second-order valence-corrected chi connectivity index (χ2v) is 7.83. The number of oxime groups is 1. The summed E-state index contributed by atoms with van der Waals surface area (Å²) >= 11 is 5.72. The Bertz CT molecular complexity index is 704. The molecule has 0 aliphatic carbocycles. The van der Waals surface area contributed by atoms with Crippen LogP contribution in [0, 0.1) is 0 Å². The minimum Gasteiger partial charge on any atom is -0.434 e. The second-order valence-electron chi connectivity index (χ2n) is 5.40. The van der Waals surface area contributed by atoms with Crippen LogP contribution in [0.3, 0.4) is 0 Å². The summed E-state index contributed by atoms with van der Waals surface area (Å²) in [6.07, 6.45) is 0.119. The maximum atomic E-state index is 12.4. The monoisotopic (exact) mass is 353 g/mol. The SMILES string of the molecule is CC1(C)CC(S(=O)(=O)Cc2ccc(Cl)cc2OC(F)F)=NO1. The van der Waals surface area contributed by atoms with Crippen LogP contribution in [-0.2, 0) is 20.4 Å². The molecule has 22 heavy (non-hydrogen) atoms. The molecule has 122 valence electrons. The van der Waals surface area contributed by atoms with E-state index < -0.39 is 27.8 Å². The van der Waals surface area contributed by atoms with Crippen LogP contribution < -0.4 is 4.74 Å². The van der Waals surface area contributed by atoms with E-state index in [0.717, 1.165) is 6.07 Å². The van der Waals surface area contributed by atoms with Crippen molar-refractivity contribution in [2.45, 2.75) is 38.2 Å². The summed E-state index contributed by atoms with van der Waals surface area (Å²) in [5, 5.41) is 3.63. The summed E-state index contributed by atoms with van der Waals surface area (Å²) in [7, 11) is -3.80. The number of nitrogens with zero attached hydrogens (tertiary/aromatic N) is 1. The summed E-state index contributed by atoms with van der Waals surface area (Å²) in [4.78, 5) is 5.03. The first kappa shape index (κ1) is 17.0. The zero-order valence-electron chi connectivity index (χ0n) is 11.8. The fourth-order valence-corrected chi connectivity index (χ4v) is 3.61. The number of benzene rings is 1. The zero-order chi connectivity index (χ0) is 16.5. The predicted molar refractivity (Wildman–Crippen MR) is 77.9 cm³/mol. The van der Waals surface area contributed by atoms with Gasteiger partial charge in [0, 0.05) is 17.0 Å². The number of sulfone groups is 1. The number of hydrogen-bond acceptors (Lipinski definition) is 5. The van der Waals surface area contributed by atoms with E-state index in [1.165, 1.54) is 12.1 Å². The topological polar surface area (TPSA) is 65.0 Å². The normalized spacial score (nSPS) is 17.3. The molecule has 0 N–H and O–H groups in total. The molecule has 1 aromatic rings. The minimum atomic E-state index is -3.80. The van der Waals surface area contributed by atoms with Crippen LogP contribution in [0.1, 0.15) is 25.8 Å². The van der Waals surface area contributed by atoms with E-state index in [0.29, 0.717) is 0 Å². The highest BCUT2D eigenvalue weighted by Gasteiger charge is 2.36. The van der Waals surface area contributed by atoms with Crippen molar-refractivity contribution in [2.24, 2.45) is 5.16 Å². The molecule has 0 unspecified atom stereocenters. The molecule has 0 radical (unpaired) electrons. The summed E-state index contributed by atoms with van der Waals surface area (Å²) in [6.45, 7) is 0.324. The highest BCUT2D eigenvalue weighted by molar-refractivity contribution is 8.05. The quantitative estimate of drug-likeness (QED) is 0.832. The minimum absolute atomic E-state index is 0.0807. The van der Waals surface area contributed by atoms with E-state index in [4.69, 9.17) is 16.4 Å². The molecule has 0 saturated heterocycles. The van der Waals surface area contributed by atoms with E-state index in [1.807, 2.05) is 0 Å². The molecule has 0 fully saturated rings. The molecule has 1 aliphatic rings. The Morgan fingerprint density at radius 1 is 1.45 bits per heavy atom. The maximum absolute atomic E-state index is 12.4. The molecule has 0 spiro atoms. The van der Waals surface area contributed by atoms with Crippen LogP contribution in [0.15, 0.2) is 23.4 Å². The molecule has 5 nitrogen and oxygen atoms in total. The van der Waals surface area contributed by atoms with Gasteiger partial charge >= 0.3 is 6.61 Å². The van der Waals surface area contributed by atoms with Crippen LogP contribution in [0.2, 0.25) is 5.02 Å². The van der Waals surface area contributed by atoms with Crippen molar-refractivity contribution in [1.29, 1.82) is 0 Å². The third-order valence-corrected chi connectivity index (χ3v) is 4.78. The van der Waals surface area contributed by atoms with E-state index in [9.17, 15) is 17.2 Å². The lowest BCUT2D eigenvalue weighted by Crippen LogP contribution is -2.23. The van der Waals surface area contributed by atoms with Crippen LogP contribution >= 0.6 is 11.6 Å². The lowest BCUT2D eigenvalue weighted by atomic mass is 10.1. The van der Waals surface area contributed by atoms with Gasteiger partial charge in [-0.2, -0.15) is 8.78 Å². The molecule has 9 heteroatoms. The van der Waals surface area contributed by atoms with Gasteiger partial charge < -0.3 is 9.57 Å². The molecule has 0 atom stereocenters. The number of ether oxygens (including phenoxy) is 1. The molecular formula is C13H14ClF2NO4S. The number of halogens is 3. The standard InChI is InChI=1S/C13H14ClF2NO4S/c1-13(2)6-11(17-21-13)22(18,19)7-8-3-4-9(14)5-10(8)20-12(15)16/h3-5,12H,6-7H2,1-2H3.